The van der Waals surface area contributed by atoms with Crippen molar-refractivity contribution in [3.05, 3.63) is 71.8 Å². The van der Waals surface area contributed by atoms with Gasteiger partial charge in [0, 0.05) is 30.2 Å². The molecule has 0 radical (unpaired) electrons. The van der Waals surface area contributed by atoms with Gasteiger partial charge in [-0.25, -0.2) is 0 Å². The molecule has 3 rings (SSSR count). The second-order valence-electron chi connectivity index (χ2n) is 5.53. The molecule has 3 aromatic rings. The molecule has 4 heteroatoms. The van der Waals surface area contributed by atoms with Gasteiger partial charge in [0.2, 0.25) is 0 Å². The van der Waals surface area contributed by atoms with Crippen LogP contribution in [-0.2, 0) is 0 Å². The van der Waals surface area contributed by atoms with E-state index >= 15 is 0 Å². The van der Waals surface area contributed by atoms with Crippen molar-refractivity contribution in [3.8, 4) is 10.4 Å². The maximum atomic E-state index is 12.6. The van der Waals surface area contributed by atoms with Gasteiger partial charge in [0.1, 0.15) is 0 Å². The number of hydrogen-bond donors (Lipinski definition) is 1. The quantitative estimate of drug-likeness (QED) is 0.729. The third-order valence-electron chi connectivity index (χ3n) is 3.71. The van der Waals surface area contributed by atoms with Crippen LogP contribution in [0.5, 0.6) is 0 Å². The standard InChI is InChI=1S/C19H18N2OS/c1-21(2)15-10-8-13(9-11-15)17-12-16(19(20)23-17)18(22)14-6-4-3-5-7-14/h3-12H,20H2,1-2H3. The summed E-state index contributed by atoms with van der Waals surface area (Å²) in [4.78, 5) is 15.6. The highest BCUT2D eigenvalue weighted by Crippen LogP contribution is 2.35. The number of nitrogens with zero attached hydrogens (tertiary/aromatic N) is 1. The first kappa shape index (κ1) is 15.3. The van der Waals surface area contributed by atoms with Gasteiger partial charge in [-0.15, -0.1) is 11.3 Å². The fraction of sp³-hybridized carbons (Fsp3) is 0.105. The molecule has 2 N–H and O–H groups in total. The molecular formula is C19H18N2OS. The number of carbonyl (C=O) groups is 1. The Hall–Kier alpha value is -2.59. The summed E-state index contributed by atoms with van der Waals surface area (Å²) in [6, 6.07) is 19.3. The predicted octanol–water partition coefficient (Wildman–Crippen LogP) is 4.29. The number of hydrogen-bond acceptors (Lipinski definition) is 4. The molecule has 0 saturated carbocycles. The van der Waals surface area contributed by atoms with E-state index in [0.29, 0.717) is 16.1 Å². The summed E-state index contributed by atoms with van der Waals surface area (Å²) < 4.78 is 0. The maximum absolute atomic E-state index is 12.6. The minimum absolute atomic E-state index is 0.0319. The van der Waals surface area contributed by atoms with E-state index in [9.17, 15) is 4.79 Å². The SMILES string of the molecule is CN(C)c1ccc(-c2cc(C(=O)c3ccccc3)c(N)s2)cc1. The minimum atomic E-state index is -0.0319. The first-order valence-corrected chi connectivity index (χ1v) is 8.14. The molecule has 0 aliphatic carbocycles. The molecule has 0 aliphatic rings. The molecule has 0 bridgehead atoms. The van der Waals surface area contributed by atoms with Crippen molar-refractivity contribution in [2.45, 2.75) is 0 Å². The molecule has 116 valence electrons. The summed E-state index contributed by atoms with van der Waals surface area (Å²) in [6.07, 6.45) is 0. The van der Waals surface area contributed by atoms with Crippen molar-refractivity contribution in [2.24, 2.45) is 0 Å². The Labute approximate surface area is 140 Å². The fourth-order valence-corrected chi connectivity index (χ4v) is 3.32. The Morgan fingerprint density at radius 1 is 1.00 bits per heavy atom. The summed E-state index contributed by atoms with van der Waals surface area (Å²) >= 11 is 1.45. The zero-order valence-corrected chi connectivity index (χ0v) is 13.9. The van der Waals surface area contributed by atoms with Gasteiger partial charge in [0.15, 0.2) is 5.78 Å². The van der Waals surface area contributed by atoms with Gasteiger partial charge in [0.25, 0.3) is 0 Å². The molecule has 1 heterocycles. The summed E-state index contributed by atoms with van der Waals surface area (Å²) in [5.41, 5.74) is 9.53. The van der Waals surface area contributed by atoms with Crippen molar-refractivity contribution < 1.29 is 4.79 Å². The molecule has 0 fully saturated rings. The van der Waals surface area contributed by atoms with Crippen LogP contribution in [0, 0.1) is 0 Å². The average molecular weight is 322 g/mol. The summed E-state index contributed by atoms with van der Waals surface area (Å²) in [6.45, 7) is 0. The maximum Gasteiger partial charge on any atom is 0.195 e. The van der Waals surface area contributed by atoms with E-state index in [1.165, 1.54) is 11.3 Å². The molecule has 0 amide bonds. The fourth-order valence-electron chi connectivity index (χ4n) is 2.39. The first-order valence-electron chi connectivity index (χ1n) is 7.33. The van der Waals surface area contributed by atoms with Gasteiger partial charge in [-0.1, -0.05) is 42.5 Å². The van der Waals surface area contributed by atoms with Crippen LogP contribution in [0.3, 0.4) is 0 Å². The van der Waals surface area contributed by atoms with Gasteiger partial charge < -0.3 is 10.6 Å². The second kappa shape index (κ2) is 6.26. The van der Waals surface area contributed by atoms with E-state index in [1.54, 1.807) is 0 Å². The zero-order valence-electron chi connectivity index (χ0n) is 13.1. The van der Waals surface area contributed by atoms with Gasteiger partial charge >= 0.3 is 0 Å². The number of benzene rings is 2. The van der Waals surface area contributed by atoms with E-state index in [1.807, 2.05) is 50.5 Å². The van der Waals surface area contributed by atoms with Crippen LogP contribution >= 0.6 is 11.3 Å². The molecule has 0 spiro atoms. The molecular weight excluding hydrogens is 304 g/mol. The molecule has 0 aliphatic heterocycles. The number of ketones is 1. The van der Waals surface area contributed by atoms with Gasteiger partial charge in [-0.2, -0.15) is 0 Å². The Morgan fingerprint density at radius 2 is 1.65 bits per heavy atom. The number of anilines is 2. The Kier molecular flexibility index (Phi) is 4.17. The molecule has 2 aromatic carbocycles. The zero-order chi connectivity index (χ0) is 16.4. The lowest BCUT2D eigenvalue weighted by molar-refractivity contribution is 0.104. The van der Waals surface area contributed by atoms with Crippen LogP contribution < -0.4 is 10.6 Å². The van der Waals surface area contributed by atoms with E-state index in [4.69, 9.17) is 5.73 Å². The van der Waals surface area contributed by atoms with Crippen molar-refractivity contribution in [2.75, 3.05) is 24.7 Å². The molecule has 0 atom stereocenters. The molecule has 23 heavy (non-hydrogen) atoms. The lowest BCUT2D eigenvalue weighted by Gasteiger charge is -2.12. The highest BCUT2D eigenvalue weighted by Gasteiger charge is 2.16. The van der Waals surface area contributed by atoms with Crippen molar-refractivity contribution >= 4 is 27.8 Å². The lowest BCUT2D eigenvalue weighted by Crippen LogP contribution is -2.07. The van der Waals surface area contributed by atoms with Crippen LogP contribution in [0.15, 0.2) is 60.7 Å². The molecule has 1 aromatic heterocycles. The van der Waals surface area contributed by atoms with Gasteiger partial charge in [-0.3, -0.25) is 4.79 Å². The lowest BCUT2D eigenvalue weighted by atomic mass is 10.0. The first-order chi connectivity index (χ1) is 11.1. The molecule has 0 saturated heterocycles. The van der Waals surface area contributed by atoms with Gasteiger partial charge in [-0.05, 0) is 23.8 Å². The van der Waals surface area contributed by atoms with E-state index < -0.39 is 0 Å². The minimum Gasteiger partial charge on any atom is -0.390 e. The van der Waals surface area contributed by atoms with E-state index in [0.717, 1.165) is 16.1 Å². The third kappa shape index (κ3) is 3.12. The van der Waals surface area contributed by atoms with Crippen molar-refractivity contribution in [1.29, 1.82) is 0 Å². The van der Waals surface area contributed by atoms with Crippen LogP contribution in [0.25, 0.3) is 10.4 Å². The van der Waals surface area contributed by atoms with E-state index in [-0.39, 0.29) is 5.78 Å². The largest absolute Gasteiger partial charge is 0.390 e. The molecule has 3 nitrogen and oxygen atoms in total. The van der Waals surface area contributed by atoms with Gasteiger partial charge in [0.05, 0.1) is 10.6 Å². The Bertz CT molecular complexity index is 820. The monoisotopic (exact) mass is 322 g/mol. The normalized spacial score (nSPS) is 10.5. The smallest absolute Gasteiger partial charge is 0.195 e. The highest BCUT2D eigenvalue weighted by atomic mass is 32.1. The number of thiophene rings is 1. The topological polar surface area (TPSA) is 46.3 Å². The van der Waals surface area contributed by atoms with Crippen molar-refractivity contribution in [3.63, 3.8) is 0 Å². The Morgan fingerprint density at radius 3 is 2.26 bits per heavy atom. The number of nitrogen functional groups attached to an aromatic ring is 1. The van der Waals surface area contributed by atoms with E-state index in [2.05, 4.69) is 29.2 Å². The summed E-state index contributed by atoms with van der Waals surface area (Å²) in [7, 11) is 4.02. The highest BCUT2D eigenvalue weighted by molar-refractivity contribution is 7.19. The third-order valence-corrected chi connectivity index (χ3v) is 4.72. The second-order valence-corrected chi connectivity index (χ2v) is 6.61. The van der Waals surface area contributed by atoms with Crippen LogP contribution in [0.1, 0.15) is 15.9 Å². The van der Waals surface area contributed by atoms with Crippen LogP contribution in [0.2, 0.25) is 0 Å². The molecule has 0 unspecified atom stereocenters. The van der Waals surface area contributed by atoms with Crippen molar-refractivity contribution in [1.82, 2.24) is 0 Å². The number of nitrogens with two attached hydrogens (primary N) is 1. The summed E-state index contributed by atoms with van der Waals surface area (Å²) in [5.74, 6) is -0.0319. The van der Waals surface area contributed by atoms with Crippen LogP contribution in [0.4, 0.5) is 10.7 Å². The Balaban J connectivity index is 1.93. The average Bonchev–Trinajstić information content (AvgIpc) is 2.97. The number of carbonyl (C=O) groups excluding carboxylic acids is 1. The predicted molar refractivity (Wildman–Crippen MR) is 98.4 cm³/mol. The summed E-state index contributed by atoms with van der Waals surface area (Å²) in [5, 5.41) is 0.561. The number of rotatable bonds is 4. The van der Waals surface area contributed by atoms with Crippen LogP contribution in [-0.4, -0.2) is 19.9 Å².